The molecule has 0 saturated heterocycles. The molecule has 0 spiro atoms. The maximum absolute atomic E-state index is 13.4. The van der Waals surface area contributed by atoms with Crippen molar-refractivity contribution in [2.75, 3.05) is 5.33 Å². The van der Waals surface area contributed by atoms with Crippen LogP contribution in [0.4, 0.5) is 0 Å². The predicted molar refractivity (Wildman–Crippen MR) is 102 cm³/mol. The minimum atomic E-state index is -1.37. The topological polar surface area (TPSA) is 74.6 Å². The molecule has 26 heavy (non-hydrogen) atoms. The summed E-state index contributed by atoms with van der Waals surface area (Å²) in [6.07, 6.45) is 5.98. The number of aliphatic hydroxyl groups excluding tert-OH is 1. The number of fused-ring (bicyclic) bond motifs is 5. The van der Waals surface area contributed by atoms with Gasteiger partial charge in [-0.3, -0.25) is 9.59 Å². The zero-order valence-corrected chi connectivity index (χ0v) is 17.4. The molecule has 0 aromatic rings. The summed E-state index contributed by atoms with van der Waals surface area (Å²) in [5.74, 6) is 1.05. The lowest BCUT2D eigenvalue weighted by molar-refractivity contribution is -0.177. The predicted octanol–water partition coefficient (Wildman–Crippen LogP) is 3.26. The molecule has 2 N–H and O–H groups in total. The summed E-state index contributed by atoms with van der Waals surface area (Å²) in [5.41, 5.74) is -2.03. The van der Waals surface area contributed by atoms with Crippen LogP contribution in [0.5, 0.6) is 0 Å². The molecule has 8 atom stereocenters. The zero-order chi connectivity index (χ0) is 18.9. The first-order valence-corrected chi connectivity index (χ1v) is 11.3. The van der Waals surface area contributed by atoms with E-state index in [0.717, 1.165) is 38.5 Å². The molecule has 0 amide bonds. The Bertz CT molecular complexity index is 636. The van der Waals surface area contributed by atoms with E-state index in [-0.39, 0.29) is 46.2 Å². The van der Waals surface area contributed by atoms with Crippen molar-refractivity contribution in [1.29, 1.82) is 0 Å². The molecule has 4 rings (SSSR count). The van der Waals surface area contributed by atoms with Gasteiger partial charge in [-0.2, -0.15) is 0 Å². The van der Waals surface area contributed by atoms with Gasteiger partial charge in [0.1, 0.15) is 11.4 Å². The first-order valence-electron chi connectivity index (χ1n) is 10.2. The number of ketones is 2. The Morgan fingerprint density at radius 2 is 1.92 bits per heavy atom. The van der Waals surface area contributed by atoms with Crippen LogP contribution in [0.1, 0.15) is 65.2 Å². The lowest BCUT2D eigenvalue weighted by Crippen LogP contribution is -2.62. The molecule has 4 nitrogen and oxygen atoms in total. The maximum Gasteiger partial charge on any atom is 0.175 e. The van der Waals surface area contributed by atoms with Crippen LogP contribution in [0.3, 0.4) is 0 Å². The van der Waals surface area contributed by atoms with Crippen molar-refractivity contribution < 1.29 is 19.8 Å². The Labute approximate surface area is 164 Å². The standard InChI is InChI=1S/C21H31BrO4/c1-19-7-5-13(23)9-12(19)3-4-14-15-6-8-21(26,17(25)11-22)20(15,2)10-16(24)18(14)19/h12-15,18,23,26H,3-11H2,1-2H3/t12?,13?,14-,15-,18+,19-,20-,21-/m0/s1. The molecular formula is C21H31BrO4. The van der Waals surface area contributed by atoms with E-state index in [9.17, 15) is 19.8 Å². The summed E-state index contributed by atoms with van der Waals surface area (Å²) >= 11 is 3.23. The summed E-state index contributed by atoms with van der Waals surface area (Å²) < 4.78 is 0. The monoisotopic (exact) mass is 426 g/mol. The average molecular weight is 427 g/mol. The third-order valence-electron chi connectivity index (χ3n) is 9.06. The number of rotatable bonds is 2. The first kappa shape index (κ1) is 19.1. The van der Waals surface area contributed by atoms with Crippen LogP contribution in [-0.2, 0) is 9.59 Å². The van der Waals surface area contributed by atoms with Crippen LogP contribution in [0.25, 0.3) is 0 Å². The minimum Gasteiger partial charge on any atom is -0.393 e. The van der Waals surface area contributed by atoms with Gasteiger partial charge in [0, 0.05) is 17.8 Å². The molecule has 5 heteroatoms. The van der Waals surface area contributed by atoms with Crippen molar-refractivity contribution in [3.8, 4) is 0 Å². The second-order valence-corrected chi connectivity index (χ2v) is 10.5. The zero-order valence-electron chi connectivity index (χ0n) is 15.8. The van der Waals surface area contributed by atoms with Crippen molar-refractivity contribution in [3.63, 3.8) is 0 Å². The summed E-state index contributed by atoms with van der Waals surface area (Å²) in [7, 11) is 0. The highest BCUT2D eigenvalue weighted by Gasteiger charge is 2.68. The molecule has 146 valence electrons. The van der Waals surface area contributed by atoms with Gasteiger partial charge in [-0.25, -0.2) is 0 Å². The van der Waals surface area contributed by atoms with E-state index in [1.807, 2.05) is 6.92 Å². The quantitative estimate of drug-likeness (QED) is 0.664. The van der Waals surface area contributed by atoms with E-state index < -0.39 is 11.0 Å². The molecule has 0 radical (unpaired) electrons. The molecule has 0 heterocycles. The van der Waals surface area contributed by atoms with E-state index in [4.69, 9.17) is 0 Å². The normalized spacial score (nSPS) is 53.6. The minimum absolute atomic E-state index is 0.0271. The van der Waals surface area contributed by atoms with Gasteiger partial charge in [-0.05, 0) is 68.1 Å². The average Bonchev–Trinajstić information content (AvgIpc) is 2.86. The van der Waals surface area contributed by atoms with Crippen LogP contribution in [-0.4, -0.2) is 38.8 Å². The lowest BCUT2D eigenvalue weighted by atomic mass is 9.44. The fraction of sp³-hybridized carbons (Fsp3) is 0.905. The Morgan fingerprint density at radius 1 is 1.19 bits per heavy atom. The smallest absolute Gasteiger partial charge is 0.175 e. The van der Waals surface area contributed by atoms with Crippen molar-refractivity contribution in [1.82, 2.24) is 0 Å². The van der Waals surface area contributed by atoms with Gasteiger partial charge in [0.25, 0.3) is 0 Å². The van der Waals surface area contributed by atoms with Crippen molar-refractivity contribution in [2.24, 2.45) is 34.5 Å². The number of Topliss-reactive ketones (excluding diaryl/α,β-unsaturated/α-hetero) is 2. The molecule has 4 fully saturated rings. The number of halogens is 1. The molecule has 0 bridgehead atoms. The highest BCUT2D eigenvalue weighted by atomic mass is 79.9. The van der Waals surface area contributed by atoms with Crippen LogP contribution >= 0.6 is 15.9 Å². The van der Waals surface area contributed by atoms with E-state index in [0.29, 0.717) is 18.8 Å². The summed E-state index contributed by atoms with van der Waals surface area (Å²) in [6, 6.07) is 0. The molecular weight excluding hydrogens is 396 g/mol. The Kier molecular flexibility index (Phi) is 4.49. The molecule has 0 aromatic carbocycles. The van der Waals surface area contributed by atoms with Gasteiger partial charge in [0.2, 0.25) is 0 Å². The van der Waals surface area contributed by atoms with Gasteiger partial charge in [0.05, 0.1) is 11.4 Å². The number of carbonyl (C=O) groups excluding carboxylic acids is 2. The van der Waals surface area contributed by atoms with Gasteiger partial charge in [-0.1, -0.05) is 29.8 Å². The Balaban J connectivity index is 1.70. The fourth-order valence-electron chi connectivity index (χ4n) is 7.62. The van der Waals surface area contributed by atoms with Gasteiger partial charge < -0.3 is 10.2 Å². The number of aliphatic hydroxyl groups is 2. The van der Waals surface area contributed by atoms with Gasteiger partial charge >= 0.3 is 0 Å². The van der Waals surface area contributed by atoms with E-state index in [2.05, 4.69) is 22.9 Å². The summed E-state index contributed by atoms with van der Waals surface area (Å²) in [4.78, 5) is 26.0. The van der Waals surface area contributed by atoms with E-state index >= 15 is 0 Å². The first-order chi connectivity index (χ1) is 12.2. The van der Waals surface area contributed by atoms with Gasteiger partial charge in [0.15, 0.2) is 5.78 Å². The third kappa shape index (κ3) is 2.32. The second-order valence-electron chi connectivity index (χ2n) is 9.97. The van der Waals surface area contributed by atoms with Crippen LogP contribution in [0, 0.1) is 34.5 Å². The highest BCUT2D eigenvalue weighted by molar-refractivity contribution is 9.09. The van der Waals surface area contributed by atoms with Crippen molar-refractivity contribution in [3.05, 3.63) is 0 Å². The molecule has 2 unspecified atom stereocenters. The van der Waals surface area contributed by atoms with Crippen LogP contribution < -0.4 is 0 Å². The second kappa shape index (κ2) is 6.12. The fourth-order valence-corrected chi connectivity index (χ4v) is 8.09. The van der Waals surface area contributed by atoms with Crippen LogP contribution in [0.2, 0.25) is 0 Å². The summed E-state index contributed by atoms with van der Waals surface area (Å²) in [6.45, 7) is 4.25. The van der Waals surface area contributed by atoms with E-state index in [1.54, 1.807) is 0 Å². The number of hydrogen-bond acceptors (Lipinski definition) is 4. The summed E-state index contributed by atoms with van der Waals surface area (Å²) in [5, 5.41) is 21.5. The molecule has 0 aromatic heterocycles. The molecule has 4 saturated carbocycles. The SMILES string of the molecule is C[C@]12CCC(O)CC1CC[C@@H]1[C@@H]2C(=O)C[C@@]2(C)[C@H]1CC[C@]2(O)C(=O)CBr. The molecule has 0 aliphatic heterocycles. The van der Waals surface area contributed by atoms with Gasteiger partial charge in [-0.15, -0.1) is 0 Å². The molecule has 4 aliphatic carbocycles. The lowest BCUT2D eigenvalue weighted by Gasteiger charge is -2.60. The largest absolute Gasteiger partial charge is 0.393 e. The van der Waals surface area contributed by atoms with Crippen molar-refractivity contribution in [2.45, 2.75) is 76.9 Å². The third-order valence-corrected chi connectivity index (χ3v) is 9.57. The number of hydrogen-bond donors (Lipinski definition) is 2. The van der Waals surface area contributed by atoms with Crippen LogP contribution in [0.15, 0.2) is 0 Å². The van der Waals surface area contributed by atoms with E-state index in [1.165, 1.54) is 0 Å². The Hall–Kier alpha value is -0.260. The van der Waals surface area contributed by atoms with Crippen molar-refractivity contribution >= 4 is 27.5 Å². The number of carbonyl (C=O) groups is 2. The number of alkyl halides is 1. The maximum atomic E-state index is 13.4. The Morgan fingerprint density at radius 3 is 2.62 bits per heavy atom. The highest BCUT2D eigenvalue weighted by Crippen LogP contribution is 2.67. The molecule has 4 aliphatic rings.